The average Bonchev–Trinajstić information content (AvgIpc) is 2.62. The number of ether oxygens (including phenoxy) is 1. The Balaban J connectivity index is 2.20. The summed E-state index contributed by atoms with van der Waals surface area (Å²) in [6, 6.07) is 0. The molecule has 0 fully saturated rings. The highest BCUT2D eigenvalue weighted by Gasteiger charge is 2.27. The van der Waals surface area contributed by atoms with Crippen LogP contribution in [0.15, 0.2) is 28.7 Å². The molecule has 2 N–H and O–H groups in total. The van der Waals surface area contributed by atoms with Gasteiger partial charge >= 0.3 is 0 Å². The summed E-state index contributed by atoms with van der Waals surface area (Å²) in [5.74, 6) is 0.906. The molecule has 0 saturated heterocycles. The molecule has 76 valence electrons. The normalized spacial score (nSPS) is 23.9. The molecule has 0 spiro atoms. The van der Waals surface area contributed by atoms with Crippen molar-refractivity contribution in [2.45, 2.75) is 6.17 Å². The molecule has 0 radical (unpaired) electrons. The third kappa shape index (κ3) is 1.35. The maximum absolute atomic E-state index is 5.09. The van der Waals surface area contributed by atoms with E-state index in [9.17, 15) is 0 Å². The second-order valence-electron chi connectivity index (χ2n) is 3.13. The predicted molar refractivity (Wildman–Crippen MR) is 54.4 cm³/mol. The Bertz CT molecular complexity index is 308. The van der Waals surface area contributed by atoms with Gasteiger partial charge in [-0.2, -0.15) is 0 Å². The highest BCUT2D eigenvalue weighted by atomic mass is 16.5. The van der Waals surface area contributed by atoms with Crippen LogP contribution in [-0.4, -0.2) is 38.3 Å². The number of rotatable bonds is 3. The van der Waals surface area contributed by atoms with Gasteiger partial charge in [-0.15, -0.1) is 0 Å². The van der Waals surface area contributed by atoms with E-state index in [-0.39, 0.29) is 6.17 Å². The van der Waals surface area contributed by atoms with Crippen molar-refractivity contribution in [1.29, 1.82) is 0 Å². The molecular weight excluding hydrogens is 180 g/mol. The van der Waals surface area contributed by atoms with E-state index in [1.807, 2.05) is 19.3 Å². The maximum atomic E-state index is 5.09. The summed E-state index contributed by atoms with van der Waals surface area (Å²) in [5.41, 5.74) is 1.15. The van der Waals surface area contributed by atoms with Gasteiger partial charge in [-0.3, -0.25) is 0 Å². The minimum absolute atomic E-state index is 0.148. The molecule has 2 aliphatic rings. The molecule has 0 bridgehead atoms. The molecular formula is C9H14N4O. The summed E-state index contributed by atoms with van der Waals surface area (Å²) in [5, 5.41) is 6.24. The van der Waals surface area contributed by atoms with Gasteiger partial charge in [0.2, 0.25) is 0 Å². The van der Waals surface area contributed by atoms with Gasteiger partial charge in [-0.05, 0) is 6.08 Å². The van der Waals surface area contributed by atoms with Gasteiger partial charge in [0.05, 0.1) is 6.34 Å². The fourth-order valence-electron chi connectivity index (χ4n) is 1.65. The average molecular weight is 194 g/mol. The van der Waals surface area contributed by atoms with Crippen molar-refractivity contribution in [2.75, 3.05) is 20.9 Å². The number of methoxy groups -OCH3 is 1. The summed E-state index contributed by atoms with van der Waals surface area (Å²) in [6.45, 7) is 0.572. The van der Waals surface area contributed by atoms with Crippen LogP contribution in [0.25, 0.3) is 0 Å². The van der Waals surface area contributed by atoms with Gasteiger partial charge in [-0.1, -0.05) is 0 Å². The van der Waals surface area contributed by atoms with Crippen LogP contribution in [0, 0.1) is 0 Å². The van der Waals surface area contributed by atoms with Crippen molar-refractivity contribution in [3.63, 3.8) is 0 Å². The van der Waals surface area contributed by atoms with Crippen molar-refractivity contribution in [2.24, 2.45) is 4.99 Å². The quantitative estimate of drug-likeness (QED) is 0.653. The van der Waals surface area contributed by atoms with E-state index in [4.69, 9.17) is 4.74 Å². The topological polar surface area (TPSA) is 48.9 Å². The molecule has 1 unspecified atom stereocenters. The Labute approximate surface area is 83.1 Å². The lowest BCUT2D eigenvalue weighted by Crippen LogP contribution is -2.44. The zero-order valence-corrected chi connectivity index (χ0v) is 8.32. The van der Waals surface area contributed by atoms with E-state index in [0.29, 0.717) is 6.73 Å². The van der Waals surface area contributed by atoms with Gasteiger partial charge in [0.1, 0.15) is 18.7 Å². The van der Waals surface area contributed by atoms with Crippen LogP contribution in [0.3, 0.4) is 0 Å². The lowest BCUT2D eigenvalue weighted by atomic mass is 10.2. The van der Waals surface area contributed by atoms with E-state index in [0.717, 1.165) is 11.4 Å². The van der Waals surface area contributed by atoms with E-state index >= 15 is 0 Å². The molecule has 14 heavy (non-hydrogen) atoms. The largest absolute Gasteiger partial charge is 0.373 e. The number of fused-ring (bicyclic) bond motifs is 1. The van der Waals surface area contributed by atoms with Crippen LogP contribution in [0.5, 0.6) is 0 Å². The first kappa shape index (κ1) is 9.08. The Morgan fingerprint density at radius 1 is 1.71 bits per heavy atom. The Hall–Kier alpha value is -1.49. The molecule has 2 rings (SSSR count). The lowest BCUT2D eigenvalue weighted by molar-refractivity contribution is 0.0794. The number of nitrogens with one attached hydrogen (secondary N) is 2. The van der Waals surface area contributed by atoms with Gasteiger partial charge < -0.3 is 20.3 Å². The summed E-state index contributed by atoms with van der Waals surface area (Å²) in [6.07, 6.45) is 5.90. The van der Waals surface area contributed by atoms with Crippen molar-refractivity contribution in [1.82, 2.24) is 15.5 Å². The fraction of sp³-hybridized carbons (Fsp3) is 0.444. The number of nitrogens with zero attached hydrogens (tertiary/aromatic N) is 2. The molecule has 0 amide bonds. The fourth-order valence-corrected chi connectivity index (χ4v) is 1.65. The standard InChI is InChI=1S/C9H14N4O/c1-10-8-7-3-4-13(6-14-2)9(7)12-5-11-8/h3-5,9-10H,6H2,1-2H3,(H,11,12). The number of hydrogen-bond donors (Lipinski definition) is 2. The summed E-state index contributed by atoms with van der Waals surface area (Å²) < 4.78 is 5.09. The maximum Gasteiger partial charge on any atom is 0.134 e. The van der Waals surface area contributed by atoms with Gasteiger partial charge in [0.15, 0.2) is 0 Å². The first-order valence-corrected chi connectivity index (χ1v) is 4.50. The van der Waals surface area contributed by atoms with Crippen molar-refractivity contribution < 1.29 is 4.74 Å². The molecule has 2 heterocycles. The van der Waals surface area contributed by atoms with Crippen molar-refractivity contribution >= 4 is 6.34 Å². The molecule has 0 saturated carbocycles. The van der Waals surface area contributed by atoms with Crippen LogP contribution in [0.2, 0.25) is 0 Å². The van der Waals surface area contributed by atoms with Gasteiger partial charge in [-0.25, -0.2) is 4.99 Å². The smallest absolute Gasteiger partial charge is 0.134 e. The second kappa shape index (κ2) is 3.71. The molecule has 0 aromatic carbocycles. The van der Waals surface area contributed by atoms with E-state index in [2.05, 4.69) is 20.5 Å². The lowest BCUT2D eigenvalue weighted by Gasteiger charge is -2.28. The first-order chi connectivity index (χ1) is 6.86. The second-order valence-corrected chi connectivity index (χ2v) is 3.13. The molecule has 1 atom stereocenters. The minimum atomic E-state index is 0.148. The van der Waals surface area contributed by atoms with Crippen LogP contribution in [0.1, 0.15) is 0 Å². The Morgan fingerprint density at radius 2 is 2.57 bits per heavy atom. The predicted octanol–water partition coefficient (Wildman–Crippen LogP) is -0.192. The third-order valence-electron chi connectivity index (χ3n) is 2.29. The molecule has 5 heteroatoms. The molecule has 5 nitrogen and oxygen atoms in total. The monoisotopic (exact) mass is 194 g/mol. The summed E-state index contributed by atoms with van der Waals surface area (Å²) in [7, 11) is 3.56. The molecule has 0 aromatic rings. The van der Waals surface area contributed by atoms with Crippen LogP contribution in [-0.2, 0) is 4.74 Å². The zero-order valence-electron chi connectivity index (χ0n) is 8.32. The molecule has 0 aromatic heterocycles. The minimum Gasteiger partial charge on any atom is -0.373 e. The number of hydrogen-bond acceptors (Lipinski definition) is 5. The van der Waals surface area contributed by atoms with Gasteiger partial charge in [0, 0.05) is 25.9 Å². The number of aliphatic imine (C=N–C) groups is 1. The van der Waals surface area contributed by atoms with Crippen molar-refractivity contribution in [3.8, 4) is 0 Å². The van der Waals surface area contributed by atoms with Gasteiger partial charge in [0.25, 0.3) is 0 Å². The summed E-state index contributed by atoms with van der Waals surface area (Å²) in [4.78, 5) is 6.27. The Kier molecular flexibility index (Phi) is 2.41. The van der Waals surface area contributed by atoms with Crippen LogP contribution < -0.4 is 10.6 Å². The summed E-state index contributed by atoms with van der Waals surface area (Å²) >= 11 is 0. The van der Waals surface area contributed by atoms with E-state index in [1.165, 1.54) is 0 Å². The van der Waals surface area contributed by atoms with Crippen LogP contribution in [0.4, 0.5) is 0 Å². The molecule has 0 aliphatic carbocycles. The highest BCUT2D eigenvalue weighted by molar-refractivity contribution is 5.62. The Morgan fingerprint density at radius 3 is 3.29 bits per heavy atom. The molecule has 2 aliphatic heterocycles. The van der Waals surface area contributed by atoms with Crippen molar-refractivity contribution in [3.05, 3.63) is 23.7 Å². The van der Waals surface area contributed by atoms with Crippen LogP contribution >= 0.6 is 0 Å². The zero-order chi connectivity index (χ0) is 9.97. The first-order valence-electron chi connectivity index (χ1n) is 4.50. The highest BCUT2D eigenvalue weighted by Crippen LogP contribution is 2.22. The van der Waals surface area contributed by atoms with E-state index < -0.39 is 0 Å². The SMILES string of the molecule is CNC1=C2C=CN(COC)C2NC=N1. The van der Waals surface area contributed by atoms with E-state index in [1.54, 1.807) is 13.4 Å². The third-order valence-corrected chi connectivity index (χ3v) is 2.29.